The van der Waals surface area contributed by atoms with Crippen molar-refractivity contribution in [3.63, 3.8) is 0 Å². The first kappa shape index (κ1) is 15.8. The van der Waals surface area contributed by atoms with Gasteiger partial charge in [-0.25, -0.2) is 0 Å². The summed E-state index contributed by atoms with van der Waals surface area (Å²) in [4.78, 5) is 12.3. The highest BCUT2D eigenvalue weighted by atomic mass is 16.5. The lowest BCUT2D eigenvalue weighted by Gasteiger charge is -2.26. The van der Waals surface area contributed by atoms with Crippen molar-refractivity contribution in [3.05, 3.63) is 58.7 Å². The molecule has 3 aromatic rings. The zero-order chi connectivity index (χ0) is 18.4. The number of carbonyl (C=O) groups excluding carboxylic acids is 1. The van der Waals surface area contributed by atoms with Crippen molar-refractivity contribution in [1.82, 2.24) is 20.0 Å². The Labute approximate surface area is 148 Å². The van der Waals surface area contributed by atoms with Crippen LogP contribution in [0.3, 0.4) is 0 Å². The van der Waals surface area contributed by atoms with E-state index in [1.54, 1.807) is 11.4 Å². The molecule has 1 aliphatic heterocycles. The lowest BCUT2D eigenvalue weighted by atomic mass is 9.81. The van der Waals surface area contributed by atoms with Gasteiger partial charge in [0.1, 0.15) is 17.4 Å². The fourth-order valence-corrected chi connectivity index (χ4v) is 3.42. The molecular weight excluding hydrogens is 332 g/mol. The maximum absolute atomic E-state index is 12.3. The maximum Gasteiger partial charge on any atom is 0.205 e. The van der Waals surface area contributed by atoms with Crippen LogP contribution in [-0.2, 0) is 9.53 Å². The summed E-state index contributed by atoms with van der Waals surface area (Å²) in [6, 6.07) is 11.6. The fraction of sp³-hybridized carbons (Fsp3) is 0.167. The van der Waals surface area contributed by atoms with Crippen molar-refractivity contribution < 1.29 is 9.53 Å². The van der Waals surface area contributed by atoms with Gasteiger partial charge in [0, 0.05) is 16.5 Å². The van der Waals surface area contributed by atoms with Crippen LogP contribution in [0.15, 0.2) is 53.1 Å². The summed E-state index contributed by atoms with van der Waals surface area (Å²) < 4.78 is 7.03. The molecule has 3 heterocycles. The molecule has 0 saturated heterocycles. The second-order valence-corrected chi connectivity index (χ2v) is 6.02. The normalized spacial score (nSPS) is 17.5. The van der Waals surface area contributed by atoms with Crippen LogP contribution in [0, 0.1) is 11.3 Å². The standard InChI is InChI=1S/C18H14N6O2/c1-9(25)15-10(2)26-17(20)13(8-19)16(15)12-7-11-5-3-4-6-14(11)24-18(12)21-22-23-24/h3-7,16H,20H2,1-2H3. The number of carbonyl (C=O) groups is 1. The summed E-state index contributed by atoms with van der Waals surface area (Å²) >= 11 is 0. The van der Waals surface area contributed by atoms with Gasteiger partial charge in [0.2, 0.25) is 5.88 Å². The van der Waals surface area contributed by atoms with Crippen LogP contribution in [0.2, 0.25) is 0 Å². The third-order valence-corrected chi connectivity index (χ3v) is 4.50. The summed E-state index contributed by atoms with van der Waals surface area (Å²) in [6.07, 6.45) is 0. The molecule has 0 aliphatic carbocycles. The molecule has 0 saturated carbocycles. The molecule has 0 amide bonds. The Morgan fingerprint density at radius 1 is 1.38 bits per heavy atom. The molecule has 0 bridgehead atoms. The topological polar surface area (TPSA) is 119 Å². The minimum Gasteiger partial charge on any atom is -0.445 e. The number of hydrogen-bond donors (Lipinski definition) is 1. The predicted octanol–water partition coefficient (Wildman–Crippen LogP) is 1.95. The molecular formula is C18H14N6O2. The number of aromatic nitrogens is 4. The van der Waals surface area contributed by atoms with Gasteiger partial charge in [-0.2, -0.15) is 9.78 Å². The maximum atomic E-state index is 12.3. The molecule has 1 aromatic carbocycles. The first-order valence-electron chi connectivity index (χ1n) is 7.92. The number of ether oxygens (including phenoxy) is 1. The molecule has 2 N–H and O–H groups in total. The number of fused-ring (bicyclic) bond motifs is 3. The summed E-state index contributed by atoms with van der Waals surface area (Å²) in [5.74, 6) is -0.535. The second-order valence-electron chi connectivity index (χ2n) is 6.02. The number of nitriles is 1. The molecule has 8 nitrogen and oxygen atoms in total. The number of allylic oxidation sites excluding steroid dienone is 3. The molecule has 26 heavy (non-hydrogen) atoms. The van der Waals surface area contributed by atoms with Gasteiger partial charge in [0.05, 0.1) is 11.4 Å². The third-order valence-electron chi connectivity index (χ3n) is 4.50. The number of hydrogen-bond acceptors (Lipinski definition) is 7. The number of Topliss-reactive ketones (excluding diaryl/α,β-unsaturated/α-hetero) is 1. The average Bonchev–Trinajstić information content (AvgIpc) is 3.10. The SMILES string of the molecule is CC(=O)C1=C(C)OC(N)=C(C#N)C1c1cc2ccccc2n2nnnc12. The van der Waals surface area contributed by atoms with E-state index in [-0.39, 0.29) is 17.2 Å². The van der Waals surface area contributed by atoms with Crippen LogP contribution >= 0.6 is 0 Å². The zero-order valence-electron chi connectivity index (χ0n) is 14.1. The number of rotatable bonds is 2. The smallest absolute Gasteiger partial charge is 0.205 e. The van der Waals surface area contributed by atoms with Crippen molar-refractivity contribution in [2.45, 2.75) is 19.8 Å². The molecule has 1 atom stereocenters. The first-order chi connectivity index (χ1) is 12.5. The summed E-state index contributed by atoms with van der Waals surface area (Å²) in [5, 5.41) is 22.5. The first-order valence-corrected chi connectivity index (χ1v) is 7.92. The van der Waals surface area contributed by atoms with Gasteiger partial charge in [-0.05, 0) is 36.4 Å². The van der Waals surface area contributed by atoms with Gasteiger partial charge in [0.15, 0.2) is 11.4 Å². The van der Waals surface area contributed by atoms with E-state index in [4.69, 9.17) is 10.5 Å². The number of benzene rings is 1. The molecule has 4 rings (SSSR count). The van der Waals surface area contributed by atoms with Gasteiger partial charge >= 0.3 is 0 Å². The van der Waals surface area contributed by atoms with E-state index in [0.29, 0.717) is 22.5 Å². The van der Waals surface area contributed by atoms with Gasteiger partial charge < -0.3 is 10.5 Å². The minimum atomic E-state index is -0.690. The number of para-hydroxylation sites is 1. The van der Waals surface area contributed by atoms with E-state index < -0.39 is 5.92 Å². The molecule has 1 unspecified atom stereocenters. The number of tetrazole rings is 1. The van der Waals surface area contributed by atoms with Crippen molar-refractivity contribution in [2.75, 3.05) is 0 Å². The molecule has 2 aromatic heterocycles. The number of pyridine rings is 1. The lowest BCUT2D eigenvalue weighted by molar-refractivity contribution is -0.114. The second kappa shape index (κ2) is 5.67. The van der Waals surface area contributed by atoms with Crippen LogP contribution in [0.25, 0.3) is 16.6 Å². The van der Waals surface area contributed by atoms with Gasteiger partial charge in [0.25, 0.3) is 0 Å². The van der Waals surface area contributed by atoms with Crippen LogP contribution < -0.4 is 5.73 Å². The fourth-order valence-electron chi connectivity index (χ4n) is 3.42. The van der Waals surface area contributed by atoms with Crippen molar-refractivity contribution in [3.8, 4) is 6.07 Å². The van der Waals surface area contributed by atoms with E-state index in [1.165, 1.54) is 6.92 Å². The van der Waals surface area contributed by atoms with Gasteiger partial charge in [-0.3, -0.25) is 4.79 Å². The predicted molar refractivity (Wildman–Crippen MR) is 92.3 cm³/mol. The van der Waals surface area contributed by atoms with Crippen molar-refractivity contribution >= 4 is 22.3 Å². The Balaban J connectivity index is 2.11. The van der Waals surface area contributed by atoms with Crippen LogP contribution in [-0.4, -0.2) is 25.8 Å². The molecule has 128 valence electrons. The molecule has 0 radical (unpaired) electrons. The van der Waals surface area contributed by atoms with Gasteiger partial charge in [-0.15, -0.1) is 5.10 Å². The van der Waals surface area contributed by atoms with E-state index in [9.17, 15) is 10.1 Å². The van der Waals surface area contributed by atoms with Crippen LogP contribution in [0.1, 0.15) is 25.3 Å². The van der Waals surface area contributed by atoms with E-state index in [2.05, 4.69) is 21.6 Å². The highest BCUT2D eigenvalue weighted by Crippen LogP contribution is 2.41. The monoisotopic (exact) mass is 346 g/mol. The number of nitrogens with zero attached hydrogens (tertiary/aromatic N) is 5. The lowest BCUT2D eigenvalue weighted by Crippen LogP contribution is -2.23. The van der Waals surface area contributed by atoms with Crippen LogP contribution in [0.5, 0.6) is 0 Å². The van der Waals surface area contributed by atoms with E-state index in [1.807, 2.05) is 30.3 Å². The summed E-state index contributed by atoms with van der Waals surface area (Å²) in [7, 11) is 0. The Bertz CT molecular complexity index is 1180. The van der Waals surface area contributed by atoms with Crippen LogP contribution in [0.4, 0.5) is 0 Å². The van der Waals surface area contributed by atoms with E-state index >= 15 is 0 Å². The Morgan fingerprint density at radius 3 is 2.88 bits per heavy atom. The van der Waals surface area contributed by atoms with Gasteiger partial charge in [-0.1, -0.05) is 18.2 Å². The highest BCUT2D eigenvalue weighted by Gasteiger charge is 2.35. The molecule has 8 heteroatoms. The Hall–Kier alpha value is -3.73. The minimum absolute atomic E-state index is 0.0150. The highest BCUT2D eigenvalue weighted by molar-refractivity contribution is 5.97. The Kier molecular flexibility index (Phi) is 3.44. The average molecular weight is 346 g/mol. The third kappa shape index (κ3) is 2.14. The van der Waals surface area contributed by atoms with E-state index in [0.717, 1.165) is 10.9 Å². The quantitative estimate of drug-likeness (QED) is 0.753. The number of ketones is 1. The summed E-state index contributed by atoms with van der Waals surface area (Å²) in [6.45, 7) is 3.09. The zero-order valence-corrected chi connectivity index (χ0v) is 14.1. The molecule has 0 spiro atoms. The molecule has 0 fully saturated rings. The van der Waals surface area contributed by atoms with Crippen molar-refractivity contribution in [1.29, 1.82) is 5.26 Å². The Morgan fingerprint density at radius 2 is 2.15 bits per heavy atom. The largest absolute Gasteiger partial charge is 0.445 e. The number of nitrogens with two attached hydrogens (primary N) is 1. The van der Waals surface area contributed by atoms with Crippen molar-refractivity contribution in [2.24, 2.45) is 5.73 Å². The summed E-state index contributed by atoms with van der Waals surface area (Å²) in [5.41, 5.74) is 8.38. The molecule has 1 aliphatic rings.